The topological polar surface area (TPSA) is 23.8 Å². The molecule has 2 heteroatoms. The molecule has 2 aromatic rings. The third-order valence-corrected chi connectivity index (χ3v) is 2.11. The van der Waals surface area contributed by atoms with Crippen LogP contribution in [0.4, 0.5) is 4.39 Å². The monoisotopic (exact) mass is 196 g/mol. The SMILES string of the molecule is N#Cc1ccc(-c2cc[c]c(F)c2)cc1. The van der Waals surface area contributed by atoms with Crippen LogP contribution in [0.15, 0.2) is 42.5 Å². The highest BCUT2D eigenvalue weighted by Gasteiger charge is 1.99. The van der Waals surface area contributed by atoms with Crippen LogP contribution in [-0.2, 0) is 0 Å². The fourth-order valence-electron chi connectivity index (χ4n) is 1.35. The molecule has 0 atom stereocenters. The molecule has 0 unspecified atom stereocenters. The van der Waals surface area contributed by atoms with E-state index in [0.717, 1.165) is 11.1 Å². The fraction of sp³-hybridized carbons (Fsp3) is 0. The summed E-state index contributed by atoms with van der Waals surface area (Å²) in [7, 11) is 0. The van der Waals surface area contributed by atoms with E-state index in [9.17, 15) is 4.39 Å². The third-order valence-electron chi connectivity index (χ3n) is 2.11. The van der Waals surface area contributed by atoms with Crippen molar-refractivity contribution < 1.29 is 4.39 Å². The third kappa shape index (κ3) is 2.03. The summed E-state index contributed by atoms with van der Waals surface area (Å²) in [5.74, 6) is -0.378. The predicted molar refractivity (Wildman–Crippen MR) is 55.4 cm³/mol. The average Bonchev–Trinajstić information content (AvgIpc) is 2.29. The normalized spacial score (nSPS) is 9.60. The Morgan fingerprint density at radius 2 is 1.80 bits per heavy atom. The van der Waals surface area contributed by atoms with E-state index in [-0.39, 0.29) is 5.82 Å². The molecule has 0 saturated carbocycles. The molecule has 0 aliphatic heterocycles. The lowest BCUT2D eigenvalue weighted by molar-refractivity contribution is 0.626. The largest absolute Gasteiger partial charge is 0.206 e. The molecule has 0 spiro atoms. The van der Waals surface area contributed by atoms with Gasteiger partial charge in [0, 0.05) is 6.07 Å². The van der Waals surface area contributed by atoms with Gasteiger partial charge >= 0.3 is 0 Å². The summed E-state index contributed by atoms with van der Waals surface area (Å²) in [6, 6.07) is 16.2. The second-order valence-corrected chi connectivity index (χ2v) is 3.11. The highest BCUT2D eigenvalue weighted by Crippen LogP contribution is 2.19. The molecule has 0 amide bonds. The quantitative estimate of drug-likeness (QED) is 0.687. The standard InChI is InChI=1S/C13H7FN/c14-13-3-1-2-12(8-13)11-6-4-10(9-15)5-7-11/h1-2,4-8H. The minimum Gasteiger partial charge on any atom is -0.206 e. The lowest BCUT2D eigenvalue weighted by Crippen LogP contribution is -1.80. The second-order valence-electron chi connectivity index (χ2n) is 3.11. The Morgan fingerprint density at radius 1 is 1.07 bits per heavy atom. The van der Waals surface area contributed by atoms with E-state index >= 15 is 0 Å². The van der Waals surface area contributed by atoms with Crippen LogP contribution < -0.4 is 0 Å². The van der Waals surface area contributed by atoms with Gasteiger partial charge in [-0.3, -0.25) is 0 Å². The second kappa shape index (κ2) is 3.93. The first-order valence-electron chi connectivity index (χ1n) is 4.47. The Bertz CT molecular complexity index is 509. The number of rotatable bonds is 1. The summed E-state index contributed by atoms with van der Waals surface area (Å²) in [5, 5.41) is 8.63. The van der Waals surface area contributed by atoms with Gasteiger partial charge in [0.1, 0.15) is 5.82 Å². The highest BCUT2D eigenvalue weighted by atomic mass is 19.1. The van der Waals surface area contributed by atoms with Gasteiger partial charge in [-0.05, 0) is 29.3 Å². The number of hydrogen-bond acceptors (Lipinski definition) is 1. The first-order chi connectivity index (χ1) is 7.29. The van der Waals surface area contributed by atoms with Crippen molar-refractivity contribution in [1.82, 2.24) is 0 Å². The minimum atomic E-state index is -0.378. The number of nitrogens with zero attached hydrogens (tertiary/aromatic N) is 1. The van der Waals surface area contributed by atoms with Crippen LogP contribution in [0.1, 0.15) is 5.56 Å². The average molecular weight is 196 g/mol. The molecule has 0 N–H and O–H groups in total. The molecule has 0 heterocycles. The molecule has 0 bridgehead atoms. The Labute approximate surface area is 87.4 Å². The summed E-state index contributed by atoms with van der Waals surface area (Å²) in [6.45, 7) is 0. The van der Waals surface area contributed by atoms with Gasteiger partial charge in [0.15, 0.2) is 0 Å². The number of halogens is 1. The van der Waals surface area contributed by atoms with E-state index in [1.807, 2.05) is 6.07 Å². The van der Waals surface area contributed by atoms with Crippen LogP contribution in [0.3, 0.4) is 0 Å². The molecule has 71 valence electrons. The van der Waals surface area contributed by atoms with Gasteiger partial charge in [0.2, 0.25) is 0 Å². The molecule has 1 nitrogen and oxygen atoms in total. The molecular formula is C13H7FN. The van der Waals surface area contributed by atoms with Crippen molar-refractivity contribution in [2.75, 3.05) is 0 Å². The molecule has 0 aromatic heterocycles. The first-order valence-corrected chi connectivity index (χ1v) is 4.47. The van der Waals surface area contributed by atoms with Gasteiger partial charge in [-0.1, -0.05) is 24.3 Å². The fourth-order valence-corrected chi connectivity index (χ4v) is 1.35. The molecule has 0 aliphatic rings. The summed E-state index contributed by atoms with van der Waals surface area (Å²) < 4.78 is 12.9. The van der Waals surface area contributed by atoms with Crippen molar-refractivity contribution in [3.8, 4) is 17.2 Å². The van der Waals surface area contributed by atoms with Crippen molar-refractivity contribution in [1.29, 1.82) is 5.26 Å². The van der Waals surface area contributed by atoms with Crippen LogP contribution in [0.25, 0.3) is 11.1 Å². The van der Waals surface area contributed by atoms with E-state index in [1.54, 1.807) is 36.4 Å². The number of hydrogen-bond donors (Lipinski definition) is 0. The van der Waals surface area contributed by atoms with Crippen molar-refractivity contribution >= 4 is 0 Å². The molecule has 2 aromatic carbocycles. The molecule has 1 radical (unpaired) electrons. The molecule has 15 heavy (non-hydrogen) atoms. The Kier molecular flexibility index (Phi) is 2.47. The maximum Gasteiger partial charge on any atom is 0.131 e. The first kappa shape index (κ1) is 9.42. The van der Waals surface area contributed by atoms with Gasteiger partial charge in [0.25, 0.3) is 0 Å². The maximum atomic E-state index is 12.9. The zero-order valence-electron chi connectivity index (χ0n) is 7.87. The lowest BCUT2D eigenvalue weighted by atomic mass is 10.0. The summed E-state index contributed by atoms with van der Waals surface area (Å²) in [4.78, 5) is 0. The van der Waals surface area contributed by atoms with Crippen LogP contribution in [0.2, 0.25) is 0 Å². The van der Waals surface area contributed by atoms with E-state index in [4.69, 9.17) is 5.26 Å². The molecule has 0 fully saturated rings. The molecule has 0 aliphatic carbocycles. The van der Waals surface area contributed by atoms with Gasteiger partial charge in [-0.15, -0.1) is 0 Å². The van der Waals surface area contributed by atoms with Gasteiger partial charge in [-0.25, -0.2) is 4.39 Å². The molecular weight excluding hydrogens is 189 g/mol. The summed E-state index contributed by atoms with van der Waals surface area (Å²) in [5.41, 5.74) is 2.28. The van der Waals surface area contributed by atoms with Crippen molar-refractivity contribution in [3.05, 3.63) is 59.9 Å². The molecule has 0 saturated heterocycles. The number of nitriles is 1. The zero-order chi connectivity index (χ0) is 10.7. The maximum absolute atomic E-state index is 12.9. The van der Waals surface area contributed by atoms with Crippen LogP contribution in [-0.4, -0.2) is 0 Å². The van der Waals surface area contributed by atoms with Crippen molar-refractivity contribution in [3.63, 3.8) is 0 Å². The summed E-state index contributed by atoms with van der Waals surface area (Å²) in [6.07, 6.45) is 0. The van der Waals surface area contributed by atoms with E-state index in [1.165, 1.54) is 6.07 Å². The lowest BCUT2D eigenvalue weighted by Gasteiger charge is -2.00. The van der Waals surface area contributed by atoms with Crippen LogP contribution in [0.5, 0.6) is 0 Å². The molecule has 2 rings (SSSR count). The Hall–Kier alpha value is -2.14. The summed E-state index contributed by atoms with van der Waals surface area (Å²) >= 11 is 0. The van der Waals surface area contributed by atoms with Crippen molar-refractivity contribution in [2.45, 2.75) is 0 Å². The van der Waals surface area contributed by atoms with E-state index in [2.05, 4.69) is 6.07 Å². The zero-order valence-corrected chi connectivity index (χ0v) is 7.87. The minimum absolute atomic E-state index is 0.378. The van der Waals surface area contributed by atoms with Crippen LogP contribution >= 0.6 is 0 Å². The van der Waals surface area contributed by atoms with E-state index < -0.39 is 0 Å². The smallest absolute Gasteiger partial charge is 0.131 e. The Morgan fingerprint density at radius 3 is 2.40 bits per heavy atom. The van der Waals surface area contributed by atoms with Gasteiger partial charge < -0.3 is 0 Å². The van der Waals surface area contributed by atoms with Crippen LogP contribution in [0, 0.1) is 23.2 Å². The van der Waals surface area contributed by atoms with E-state index in [0.29, 0.717) is 5.56 Å². The van der Waals surface area contributed by atoms with Gasteiger partial charge in [0.05, 0.1) is 11.6 Å². The number of benzene rings is 2. The van der Waals surface area contributed by atoms with Crippen molar-refractivity contribution in [2.24, 2.45) is 0 Å². The Balaban J connectivity index is 2.42. The van der Waals surface area contributed by atoms with Gasteiger partial charge in [-0.2, -0.15) is 5.26 Å². The predicted octanol–water partition coefficient (Wildman–Crippen LogP) is 3.16. The highest BCUT2D eigenvalue weighted by molar-refractivity contribution is 5.64.